The minimum atomic E-state index is -1.48. The Morgan fingerprint density at radius 3 is 2.83 bits per heavy atom. The summed E-state index contributed by atoms with van der Waals surface area (Å²) >= 11 is 0. The number of carbonyl (C=O) groups excluding carboxylic acids is 1. The van der Waals surface area contributed by atoms with E-state index in [0.29, 0.717) is 18.8 Å². The second-order valence-corrected chi connectivity index (χ2v) is 4.30. The van der Waals surface area contributed by atoms with Gasteiger partial charge in [-0.1, -0.05) is 18.2 Å². The molecule has 0 aromatic heterocycles. The first-order chi connectivity index (χ1) is 8.69. The maximum Gasteiger partial charge on any atom is 0.228 e. The molecular weight excluding hydrogens is 230 g/mol. The van der Waals surface area contributed by atoms with Gasteiger partial charge in [-0.25, -0.2) is 0 Å². The van der Waals surface area contributed by atoms with E-state index in [1.165, 1.54) is 18.2 Å². The first-order valence-corrected chi connectivity index (χ1v) is 5.83. The molecule has 2 aliphatic rings. The molecule has 4 nitrogen and oxygen atoms in total. The number of carbonyl (C=O) groups is 1. The van der Waals surface area contributed by atoms with Crippen LogP contribution in [0.1, 0.15) is 0 Å². The lowest BCUT2D eigenvalue weighted by atomic mass is 10.0. The van der Waals surface area contributed by atoms with Crippen molar-refractivity contribution in [2.75, 3.05) is 18.1 Å². The monoisotopic (exact) mass is 243 g/mol. The van der Waals surface area contributed by atoms with E-state index in [2.05, 4.69) is 0 Å². The van der Waals surface area contributed by atoms with Gasteiger partial charge in [-0.2, -0.15) is 0 Å². The van der Waals surface area contributed by atoms with Crippen molar-refractivity contribution in [2.24, 2.45) is 0 Å². The van der Waals surface area contributed by atoms with Crippen molar-refractivity contribution < 1.29 is 14.6 Å². The third kappa shape index (κ3) is 1.75. The Hall–Kier alpha value is -1.91. The second-order valence-electron chi connectivity index (χ2n) is 4.30. The van der Waals surface area contributed by atoms with Crippen LogP contribution >= 0.6 is 0 Å². The first kappa shape index (κ1) is 11.2. The summed E-state index contributed by atoms with van der Waals surface area (Å²) in [7, 11) is 0. The average Bonchev–Trinajstić information content (AvgIpc) is 2.40. The second kappa shape index (κ2) is 4.08. The molecule has 1 atom stereocenters. The van der Waals surface area contributed by atoms with Crippen LogP contribution in [0.3, 0.4) is 0 Å². The van der Waals surface area contributed by atoms with Crippen molar-refractivity contribution in [3.63, 3.8) is 0 Å². The quantitative estimate of drug-likeness (QED) is 0.806. The minimum absolute atomic E-state index is 0.138. The summed E-state index contributed by atoms with van der Waals surface area (Å²) in [5, 5.41) is 10.4. The maximum atomic E-state index is 11.5. The third-order valence-electron chi connectivity index (χ3n) is 3.12. The number of aliphatic hydroxyl groups is 1. The Kier molecular flexibility index (Phi) is 2.54. The van der Waals surface area contributed by atoms with Gasteiger partial charge in [-0.3, -0.25) is 4.79 Å². The van der Waals surface area contributed by atoms with Crippen LogP contribution in [0.4, 0.5) is 5.69 Å². The van der Waals surface area contributed by atoms with Gasteiger partial charge < -0.3 is 14.7 Å². The van der Waals surface area contributed by atoms with Crippen molar-refractivity contribution in [1.29, 1.82) is 0 Å². The summed E-state index contributed by atoms with van der Waals surface area (Å²) in [4.78, 5) is 13.4. The number of nitrogens with zero attached hydrogens (tertiary/aromatic N) is 1. The summed E-state index contributed by atoms with van der Waals surface area (Å²) in [6, 6.07) is 9.65. The number of anilines is 1. The van der Waals surface area contributed by atoms with Crippen LogP contribution in [0.25, 0.3) is 0 Å². The molecule has 1 N–H and O–H groups in total. The Morgan fingerprint density at radius 2 is 2.06 bits per heavy atom. The zero-order chi connectivity index (χ0) is 12.6. The molecule has 1 heterocycles. The van der Waals surface area contributed by atoms with Gasteiger partial charge in [0.05, 0.1) is 12.3 Å². The Labute approximate surface area is 105 Å². The number of fused-ring (bicyclic) bond motifs is 1. The molecule has 3 rings (SSSR count). The van der Waals surface area contributed by atoms with E-state index < -0.39 is 5.79 Å². The molecule has 18 heavy (non-hydrogen) atoms. The summed E-state index contributed by atoms with van der Waals surface area (Å²) in [5.41, 5.74) is 1.42. The Morgan fingerprint density at radius 1 is 1.28 bits per heavy atom. The van der Waals surface area contributed by atoms with Gasteiger partial charge in [-0.05, 0) is 24.3 Å². The number of para-hydroxylation sites is 1. The molecule has 1 saturated heterocycles. The summed E-state index contributed by atoms with van der Waals surface area (Å²) in [6.45, 7) is 1.01. The van der Waals surface area contributed by atoms with Crippen LogP contribution in [-0.2, 0) is 9.53 Å². The molecule has 4 heteroatoms. The molecule has 0 saturated carbocycles. The number of morpholine rings is 1. The third-order valence-corrected chi connectivity index (χ3v) is 3.12. The molecule has 1 aliphatic heterocycles. The van der Waals surface area contributed by atoms with Crippen LogP contribution in [0.15, 0.2) is 54.3 Å². The van der Waals surface area contributed by atoms with Crippen molar-refractivity contribution in [3.05, 3.63) is 54.3 Å². The fourth-order valence-corrected chi connectivity index (χ4v) is 2.25. The summed E-state index contributed by atoms with van der Waals surface area (Å²) in [5.74, 6) is -1.62. The molecule has 1 aromatic rings. The Bertz CT molecular complexity index is 535. The fraction of sp³-hybridized carbons (Fsp3) is 0.214. The molecule has 1 unspecified atom stereocenters. The topological polar surface area (TPSA) is 49.8 Å². The van der Waals surface area contributed by atoms with E-state index in [4.69, 9.17) is 4.74 Å². The van der Waals surface area contributed by atoms with Crippen molar-refractivity contribution in [1.82, 2.24) is 0 Å². The molecule has 92 valence electrons. The van der Waals surface area contributed by atoms with E-state index in [-0.39, 0.29) is 5.78 Å². The fourth-order valence-electron chi connectivity index (χ4n) is 2.25. The zero-order valence-electron chi connectivity index (χ0n) is 9.74. The molecular formula is C14H13NO3. The maximum absolute atomic E-state index is 11.5. The number of benzene rings is 1. The highest BCUT2D eigenvalue weighted by Gasteiger charge is 2.40. The lowest BCUT2D eigenvalue weighted by Crippen LogP contribution is -2.50. The van der Waals surface area contributed by atoms with Gasteiger partial charge >= 0.3 is 0 Å². The highest BCUT2D eigenvalue weighted by atomic mass is 16.6. The van der Waals surface area contributed by atoms with Gasteiger partial charge in [0, 0.05) is 18.3 Å². The lowest BCUT2D eigenvalue weighted by molar-refractivity contribution is -0.151. The Balaban J connectivity index is 2.04. The summed E-state index contributed by atoms with van der Waals surface area (Å²) in [6.07, 6.45) is 4.16. The van der Waals surface area contributed by atoms with Crippen molar-refractivity contribution in [3.8, 4) is 0 Å². The molecule has 1 aliphatic carbocycles. The van der Waals surface area contributed by atoms with Crippen LogP contribution < -0.4 is 4.90 Å². The average molecular weight is 243 g/mol. The molecule has 1 aromatic carbocycles. The number of hydrogen-bond donors (Lipinski definition) is 1. The van der Waals surface area contributed by atoms with E-state index in [9.17, 15) is 9.90 Å². The van der Waals surface area contributed by atoms with Crippen LogP contribution in [0, 0.1) is 0 Å². The predicted molar refractivity (Wildman–Crippen MR) is 66.9 cm³/mol. The SMILES string of the molecule is O=C1C=CC2(O)OCCN(c3ccccc3)C2=C1. The van der Waals surface area contributed by atoms with Gasteiger partial charge in [0.15, 0.2) is 5.78 Å². The van der Waals surface area contributed by atoms with E-state index in [1.54, 1.807) is 0 Å². The summed E-state index contributed by atoms with van der Waals surface area (Å²) < 4.78 is 5.38. The number of allylic oxidation sites excluding steroid dienone is 2. The molecule has 0 radical (unpaired) electrons. The zero-order valence-corrected chi connectivity index (χ0v) is 9.74. The standard InChI is InChI=1S/C14H13NO3/c16-12-6-7-14(17)13(10-12)15(8-9-18-14)11-4-2-1-3-5-11/h1-7,10,17H,8-9H2. The van der Waals surface area contributed by atoms with Gasteiger partial charge in [-0.15, -0.1) is 0 Å². The highest BCUT2D eigenvalue weighted by molar-refractivity contribution is 6.01. The van der Waals surface area contributed by atoms with Gasteiger partial charge in [0.25, 0.3) is 0 Å². The predicted octanol–water partition coefficient (Wildman–Crippen LogP) is 1.23. The van der Waals surface area contributed by atoms with E-state index in [0.717, 1.165) is 5.69 Å². The van der Waals surface area contributed by atoms with Crippen LogP contribution in [0.5, 0.6) is 0 Å². The highest BCUT2D eigenvalue weighted by Crippen LogP contribution is 2.33. The normalized spacial score (nSPS) is 26.8. The van der Waals surface area contributed by atoms with Crippen molar-refractivity contribution >= 4 is 11.5 Å². The minimum Gasteiger partial charge on any atom is -0.357 e. The lowest BCUT2D eigenvalue weighted by Gasteiger charge is -2.42. The van der Waals surface area contributed by atoms with Crippen LogP contribution in [-0.4, -0.2) is 29.8 Å². The van der Waals surface area contributed by atoms with Crippen LogP contribution in [0.2, 0.25) is 0 Å². The first-order valence-electron chi connectivity index (χ1n) is 5.83. The number of ketones is 1. The molecule has 0 amide bonds. The van der Waals surface area contributed by atoms with Gasteiger partial charge in [0.2, 0.25) is 5.79 Å². The largest absolute Gasteiger partial charge is 0.357 e. The number of rotatable bonds is 1. The molecule has 1 fully saturated rings. The number of ether oxygens (including phenoxy) is 1. The van der Waals surface area contributed by atoms with E-state index in [1.807, 2.05) is 35.2 Å². The van der Waals surface area contributed by atoms with Gasteiger partial charge in [0.1, 0.15) is 0 Å². The smallest absolute Gasteiger partial charge is 0.228 e. The van der Waals surface area contributed by atoms with E-state index >= 15 is 0 Å². The van der Waals surface area contributed by atoms with Crippen molar-refractivity contribution in [2.45, 2.75) is 5.79 Å². The number of hydrogen-bond acceptors (Lipinski definition) is 4. The molecule has 0 bridgehead atoms. The molecule has 0 spiro atoms.